The molecule has 0 saturated carbocycles. The van der Waals surface area contributed by atoms with Gasteiger partial charge in [-0.2, -0.15) is 0 Å². The summed E-state index contributed by atoms with van der Waals surface area (Å²) in [5.74, 6) is -0.0980. The maximum Gasteiger partial charge on any atom is 0.251 e. The summed E-state index contributed by atoms with van der Waals surface area (Å²) in [5, 5.41) is 3.05. The number of carbonyl (C=O) groups excluding carboxylic acids is 1. The summed E-state index contributed by atoms with van der Waals surface area (Å²) >= 11 is 0. The molecule has 1 N–H and O–H groups in total. The van der Waals surface area contributed by atoms with Gasteiger partial charge in [0.2, 0.25) is 10.0 Å². The van der Waals surface area contributed by atoms with E-state index in [1.165, 1.54) is 31.8 Å². The van der Waals surface area contributed by atoms with Crippen molar-refractivity contribution >= 4 is 15.9 Å². The van der Waals surface area contributed by atoms with Crippen LogP contribution in [-0.4, -0.2) is 32.7 Å². The van der Waals surface area contributed by atoms with E-state index in [1.807, 2.05) is 26.0 Å². The van der Waals surface area contributed by atoms with Crippen LogP contribution in [0.15, 0.2) is 53.4 Å². The minimum Gasteiger partial charge on any atom is -0.345 e. The van der Waals surface area contributed by atoms with Gasteiger partial charge in [-0.25, -0.2) is 12.7 Å². The molecular weight excluding hydrogens is 360 g/mol. The van der Waals surface area contributed by atoms with Crippen molar-refractivity contribution in [1.82, 2.24) is 9.62 Å². The number of aryl methyl sites for hydroxylation is 1. The van der Waals surface area contributed by atoms with Gasteiger partial charge in [0.1, 0.15) is 0 Å². The van der Waals surface area contributed by atoms with Crippen LogP contribution in [-0.2, 0) is 16.4 Å². The van der Waals surface area contributed by atoms with Gasteiger partial charge >= 0.3 is 0 Å². The van der Waals surface area contributed by atoms with E-state index in [-0.39, 0.29) is 22.8 Å². The Morgan fingerprint density at radius 2 is 1.70 bits per heavy atom. The van der Waals surface area contributed by atoms with Crippen molar-refractivity contribution in [2.24, 2.45) is 5.92 Å². The molecule has 0 fully saturated rings. The molecule has 5 nitrogen and oxygen atoms in total. The van der Waals surface area contributed by atoms with E-state index < -0.39 is 10.0 Å². The van der Waals surface area contributed by atoms with Crippen LogP contribution < -0.4 is 5.32 Å². The molecule has 0 bridgehead atoms. The first-order valence-electron chi connectivity index (χ1n) is 9.09. The fraction of sp³-hybridized carbons (Fsp3) is 0.381. The van der Waals surface area contributed by atoms with Crippen molar-refractivity contribution < 1.29 is 13.2 Å². The lowest BCUT2D eigenvalue weighted by Crippen LogP contribution is -2.32. The number of nitrogens with zero attached hydrogens (tertiary/aromatic N) is 1. The number of carbonyl (C=O) groups is 1. The number of amides is 1. The highest BCUT2D eigenvalue weighted by molar-refractivity contribution is 7.89. The van der Waals surface area contributed by atoms with Gasteiger partial charge in [0.15, 0.2) is 0 Å². The van der Waals surface area contributed by atoms with Gasteiger partial charge < -0.3 is 5.32 Å². The third-order valence-electron chi connectivity index (χ3n) is 4.58. The molecule has 0 aromatic heterocycles. The van der Waals surface area contributed by atoms with Gasteiger partial charge in [0.25, 0.3) is 5.91 Å². The fourth-order valence-corrected chi connectivity index (χ4v) is 3.78. The number of hydrogen-bond acceptors (Lipinski definition) is 3. The first kappa shape index (κ1) is 21.1. The van der Waals surface area contributed by atoms with E-state index in [9.17, 15) is 13.2 Å². The summed E-state index contributed by atoms with van der Waals surface area (Å²) in [6, 6.07) is 14.2. The molecule has 146 valence electrons. The number of benzene rings is 2. The molecule has 2 aromatic carbocycles. The molecule has 0 aliphatic carbocycles. The topological polar surface area (TPSA) is 66.5 Å². The highest BCUT2D eigenvalue weighted by atomic mass is 32.2. The number of rotatable bonds is 7. The van der Waals surface area contributed by atoms with Gasteiger partial charge in [-0.1, -0.05) is 51.1 Å². The lowest BCUT2D eigenvalue weighted by atomic mass is 9.94. The second kappa shape index (κ2) is 8.67. The highest BCUT2D eigenvalue weighted by Crippen LogP contribution is 2.23. The Labute approximate surface area is 162 Å². The highest BCUT2D eigenvalue weighted by Gasteiger charge is 2.22. The monoisotopic (exact) mass is 388 g/mol. The van der Waals surface area contributed by atoms with Crippen molar-refractivity contribution in [1.29, 1.82) is 0 Å². The van der Waals surface area contributed by atoms with Gasteiger partial charge in [-0.05, 0) is 41.7 Å². The van der Waals surface area contributed by atoms with Crippen LogP contribution >= 0.6 is 0 Å². The Balaban J connectivity index is 2.28. The van der Waals surface area contributed by atoms with Crippen molar-refractivity contribution in [3.63, 3.8) is 0 Å². The molecule has 0 aliphatic heterocycles. The first-order valence-corrected chi connectivity index (χ1v) is 10.5. The zero-order valence-corrected chi connectivity index (χ0v) is 17.4. The predicted octanol–water partition coefficient (Wildman–Crippen LogP) is 3.63. The molecular formula is C21H28N2O3S. The van der Waals surface area contributed by atoms with Crippen LogP contribution in [0.1, 0.15) is 48.3 Å². The Morgan fingerprint density at radius 1 is 1.07 bits per heavy atom. The standard InChI is InChI=1S/C21H28N2O3S/c1-6-16-10-12-17(13-11-16)20(15(2)3)22-21(24)18-8-7-9-19(14-18)27(25,26)23(4)5/h7-15,20H,6H2,1-5H3,(H,22,24)/t20-/m0/s1. The van der Waals surface area contributed by atoms with Gasteiger partial charge in [0.05, 0.1) is 10.9 Å². The summed E-state index contributed by atoms with van der Waals surface area (Å²) in [6.07, 6.45) is 0.964. The molecule has 6 heteroatoms. The maximum atomic E-state index is 12.8. The minimum atomic E-state index is -3.58. The lowest BCUT2D eigenvalue weighted by molar-refractivity contribution is 0.0925. The summed E-state index contributed by atoms with van der Waals surface area (Å²) in [6.45, 7) is 6.20. The average Bonchev–Trinajstić information content (AvgIpc) is 2.65. The molecule has 0 spiro atoms. The molecule has 0 unspecified atom stereocenters. The molecule has 0 saturated heterocycles. The summed E-state index contributed by atoms with van der Waals surface area (Å²) in [7, 11) is -0.646. The van der Waals surface area contributed by atoms with E-state index in [0.29, 0.717) is 5.56 Å². The van der Waals surface area contributed by atoms with Crippen molar-refractivity contribution in [2.45, 2.75) is 38.1 Å². The minimum absolute atomic E-state index is 0.105. The summed E-state index contributed by atoms with van der Waals surface area (Å²) in [5.41, 5.74) is 2.61. The molecule has 1 atom stereocenters. The van der Waals surface area contributed by atoms with Crippen molar-refractivity contribution in [3.05, 3.63) is 65.2 Å². The molecule has 2 aromatic rings. The van der Waals surface area contributed by atoms with Crippen LogP contribution in [0.4, 0.5) is 0 Å². The van der Waals surface area contributed by atoms with Crippen LogP contribution in [0.25, 0.3) is 0 Å². The zero-order chi connectivity index (χ0) is 20.2. The van der Waals surface area contributed by atoms with E-state index in [2.05, 4.69) is 24.4 Å². The number of nitrogens with one attached hydrogen (secondary N) is 1. The summed E-state index contributed by atoms with van der Waals surface area (Å²) < 4.78 is 25.8. The largest absolute Gasteiger partial charge is 0.345 e. The smallest absolute Gasteiger partial charge is 0.251 e. The maximum absolute atomic E-state index is 12.8. The van der Waals surface area contributed by atoms with Crippen LogP contribution in [0.2, 0.25) is 0 Å². The van der Waals surface area contributed by atoms with Crippen molar-refractivity contribution in [2.75, 3.05) is 14.1 Å². The number of sulfonamides is 1. The first-order chi connectivity index (χ1) is 12.7. The van der Waals surface area contributed by atoms with Crippen LogP contribution in [0.5, 0.6) is 0 Å². The lowest BCUT2D eigenvalue weighted by Gasteiger charge is -2.23. The van der Waals surface area contributed by atoms with E-state index in [4.69, 9.17) is 0 Å². The quantitative estimate of drug-likeness (QED) is 0.788. The molecule has 0 radical (unpaired) electrons. The zero-order valence-electron chi connectivity index (χ0n) is 16.6. The SMILES string of the molecule is CCc1ccc([C@@H](NC(=O)c2cccc(S(=O)(=O)N(C)C)c2)C(C)C)cc1. The third kappa shape index (κ3) is 4.96. The summed E-state index contributed by atoms with van der Waals surface area (Å²) in [4.78, 5) is 12.9. The normalized spacial score (nSPS) is 13.0. The van der Waals surface area contributed by atoms with E-state index in [0.717, 1.165) is 16.3 Å². The van der Waals surface area contributed by atoms with Gasteiger partial charge in [-0.15, -0.1) is 0 Å². The second-order valence-corrected chi connectivity index (χ2v) is 9.26. The fourth-order valence-electron chi connectivity index (χ4n) is 2.83. The molecule has 2 rings (SSSR count). The second-order valence-electron chi connectivity index (χ2n) is 7.11. The van der Waals surface area contributed by atoms with E-state index >= 15 is 0 Å². The van der Waals surface area contributed by atoms with Gasteiger partial charge in [0, 0.05) is 19.7 Å². The Kier molecular flexibility index (Phi) is 6.78. The predicted molar refractivity (Wildman–Crippen MR) is 108 cm³/mol. The molecule has 0 heterocycles. The van der Waals surface area contributed by atoms with Crippen molar-refractivity contribution in [3.8, 4) is 0 Å². The Hall–Kier alpha value is -2.18. The molecule has 0 aliphatic rings. The molecule has 27 heavy (non-hydrogen) atoms. The van der Waals surface area contributed by atoms with Gasteiger partial charge in [-0.3, -0.25) is 4.79 Å². The van der Waals surface area contributed by atoms with E-state index in [1.54, 1.807) is 12.1 Å². The Bertz CT molecular complexity index is 888. The Morgan fingerprint density at radius 3 is 2.22 bits per heavy atom. The molecule has 1 amide bonds. The average molecular weight is 389 g/mol. The van der Waals surface area contributed by atoms with Crippen LogP contribution in [0.3, 0.4) is 0 Å². The number of hydrogen-bond donors (Lipinski definition) is 1. The van der Waals surface area contributed by atoms with Crippen LogP contribution in [0, 0.1) is 5.92 Å². The third-order valence-corrected chi connectivity index (χ3v) is 6.39.